The number of carbonyl (C=O) groups excluding carboxylic acids is 1. The lowest BCUT2D eigenvalue weighted by atomic mass is 9.89. The van der Waals surface area contributed by atoms with Gasteiger partial charge in [-0.2, -0.15) is 0 Å². The van der Waals surface area contributed by atoms with Gasteiger partial charge in [-0.05, 0) is 72.4 Å². The molecule has 0 aromatic heterocycles. The smallest absolute Gasteiger partial charge is 0.193 e. The van der Waals surface area contributed by atoms with Crippen LogP contribution in [0.25, 0.3) is 21.9 Å². The first-order chi connectivity index (χ1) is 15.3. The molecule has 0 spiro atoms. The number of ketones is 1. The third-order valence-corrected chi connectivity index (χ3v) is 6.21. The van der Waals surface area contributed by atoms with Gasteiger partial charge < -0.3 is 4.74 Å². The van der Waals surface area contributed by atoms with Crippen molar-refractivity contribution in [3.8, 4) is 16.9 Å². The van der Waals surface area contributed by atoms with Crippen molar-refractivity contribution in [1.82, 2.24) is 0 Å². The Hall–Kier alpha value is -3.39. The van der Waals surface area contributed by atoms with E-state index in [4.69, 9.17) is 4.74 Å². The molecule has 5 rings (SSSR count). The first-order valence-corrected chi connectivity index (χ1v) is 11.2. The van der Waals surface area contributed by atoms with Crippen LogP contribution < -0.4 is 4.74 Å². The summed E-state index contributed by atoms with van der Waals surface area (Å²) in [6.07, 6.45) is 6.34. The van der Waals surface area contributed by atoms with E-state index in [1.807, 2.05) is 66.7 Å². The van der Waals surface area contributed by atoms with Crippen LogP contribution in [0.3, 0.4) is 0 Å². The normalized spacial score (nSPS) is 14.5. The molecule has 1 fully saturated rings. The molecule has 0 bridgehead atoms. The fourth-order valence-corrected chi connectivity index (χ4v) is 4.59. The summed E-state index contributed by atoms with van der Waals surface area (Å²) in [5.41, 5.74) is 3.46. The molecule has 0 amide bonds. The fourth-order valence-electron chi connectivity index (χ4n) is 4.59. The Morgan fingerprint density at radius 1 is 0.710 bits per heavy atom. The Balaban J connectivity index is 1.50. The van der Waals surface area contributed by atoms with Gasteiger partial charge in [0, 0.05) is 16.7 Å². The van der Waals surface area contributed by atoms with Crippen molar-refractivity contribution < 1.29 is 9.53 Å². The number of rotatable bonds is 5. The third-order valence-electron chi connectivity index (χ3n) is 6.21. The van der Waals surface area contributed by atoms with Crippen molar-refractivity contribution in [3.63, 3.8) is 0 Å². The minimum absolute atomic E-state index is 0.0359. The van der Waals surface area contributed by atoms with Crippen LogP contribution in [0, 0.1) is 0 Å². The van der Waals surface area contributed by atoms with Crippen LogP contribution >= 0.6 is 0 Å². The van der Waals surface area contributed by atoms with Crippen LogP contribution in [0.5, 0.6) is 5.75 Å². The molecule has 4 aromatic rings. The summed E-state index contributed by atoms with van der Waals surface area (Å²) in [6, 6.07) is 30.1. The SMILES string of the molecule is O=C(c1ccc(OC2CCCCC2)cc1)c1ccc2ccccc2c1-c1ccccc1. The maximum absolute atomic E-state index is 13.5. The summed E-state index contributed by atoms with van der Waals surface area (Å²) in [6.45, 7) is 0. The quantitative estimate of drug-likeness (QED) is 0.322. The van der Waals surface area contributed by atoms with E-state index in [0.29, 0.717) is 11.7 Å². The number of fused-ring (bicyclic) bond motifs is 1. The van der Waals surface area contributed by atoms with Gasteiger partial charge >= 0.3 is 0 Å². The Kier molecular flexibility index (Phi) is 5.54. The molecule has 1 aliphatic rings. The minimum Gasteiger partial charge on any atom is -0.490 e. The van der Waals surface area contributed by atoms with E-state index in [9.17, 15) is 4.79 Å². The van der Waals surface area contributed by atoms with E-state index >= 15 is 0 Å². The standard InChI is InChI=1S/C29H26O2/c30-29(23-15-18-25(19-16-23)31-24-12-5-2-6-13-24)27-20-17-21-9-7-8-14-26(21)28(27)22-10-3-1-4-11-22/h1,3-4,7-11,14-20,24H,2,5-6,12-13H2. The van der Waals surface area contributed by atoms with Gasteiger partial charge in [-0.3, -0.25) is 4.79 Å². The Bertz CT molecular complexity index is 1190. The van der Waals surface area contributed by atoms with Gasteiger partial charge in [-0.1, -0.05) is 67.1 Å². The molecular weight excluding hydrogens is 380 g/mol. The van der Waals surface area contributed by atoms with Crippen molar-refractivity contribution in [2.45, 2.75) is 38.2 Å². The lowest BCUT2D eigenvalue weighted by molar-refractivity contribution is 0.103. The minimum atomic E-state index is 0.0359. The summed E-state index contributed by atoms with van der Waals surface area (Å²) < 4.78 is 6.14. The van der Waals surface area contributed by atoms with Crippen molar-refractivity contribution in [2.24, 2.45) is 0 Å². The van der Waals surface area contributed by atoms with E-state index in [1.54, 1.807) is 0 Å². The number of hydrogen-bond donors (Lipinski definition) is 0. The molecular formula is C29H26O2. The molecule has 0 unspecified atom stereocenters. The number of carbonyl (C=O) groups is 1. The van der Waals surface area contributed by atoms with Crippen molar-refractivity contribution in [2.75, 3.05) is 0 Å². The molecule has 1 aliphatic carbocycles. The van der Waals surface area contributed by atoms with E-state index in [1.165, 1.54) is 19.3 Å². The van der Waals surface area contributed by atoms with Crippen LogP contribution in [-0.4, -0.2) is 11.9 Å². The van der Waals surface area contributed by atoms with Gasteiger partial charge in [0.15, 0.2) is 5.78 Å². The highest BCUT2D eigenvalue weighted by molar-refractivity contribution is 6.17. The second kappa shape index (κ2) is 8.77. The number of hydrogen-bond acceptors (Lipinski definition) is 2. The molecule has 2 nitrogen and oxygen atoms in total. The molecule has 154 valence electrons. The summed E-state index contributed by atoms with van der Waals surface area (Å²) in [7, 11) is 0. The second-order valence-corrected chi connectivity index (χ2v) is 8.31. The molecule has 0 heterocycles. The molecule has 1 saturated carbocycles. The van der Waals surface area contributed by atoms with Crippen LogP contribution in [0.2, 0.25) is 0 Å². The molecule has 4 aromatic carbocycles. The third kappa shape index (κ3) is 4.11. The molecule has 2 heteroatoms. The molecule has 0 saturated heterocycles. The zero-order valence-corrected chi connectivity index (χ0v) is 17.6. The highest BCUT2D eigenvalue weighted by Crippen LogP contribution is 2.34. The predicted molar refractivity (Wildman–Crippen MR) is 127 cm³/mol. The Labute approximate surface area is 183 Å². The molecule has 0 radical (unpaired) electrons. The lowest BCUT2D eigenvalue weighted by Crippen LogP contribution is -2.19. The van der Waals surface area contributed by atoms with Crippen LogP contribution in [0.15, 0.2) is 91.0 Å². The van der Waals surface area contributed by atoms with E-state index in [0.717, 1.165) is 46.1 Å². The Morgan fingerprint density at radius 2 is 1.42 bits per heavy atom. The lowest BCUT2D eigenvalue weighted by Gasteiger charge is -2.23. The van der Waals surface area contributed by atoms with Gasteiger partial charge in [0.2, 0.25) is 0 Å². The summed E-state index contributed by atoms with van der Waals surface area (Å²) in [5, 5.41) is 2.23. The van der Waals surface area contributed by atoms with Crippen LogP contribution in [0.4, 0.5) is 0 Å². The average molecular weight is 407 g/mol. The molecule has 0 atom stereocenters. The van der Waals surface area contributed by atoms with E-state index < -0.39 is 0 Å². The van der Waals surface area contributed by atoms with E-state index in [2.05, 4.69) is 24.3 Å². The Morgan fingerprint density at radius 3 is 2.19 bits per heavy atom. The van der Waals surface area contributed by atoms with Gasteiger partial charge in [-0.15, -0.1) is 0 Å². The van der Waals surface area contributed by atoms with Gasteiger partial charge in [0.1, 0.15) is 5.75 Å². The van der Waals surface area contributed by atoms with Gasteiger partial charge in [-0.25, -0.2) is 0 Å². The maximum Gasteiger partial charge on any atom is 0.193 e. The second-order valence-electron chi connectivity index (χ2n) is 8.31. The topological polar surface area (TPSA) is 26.3 Å². The highest BCUT2D eigenvalue weighted by Gasteiger charge is 2.18. The first-order valence-electron chi connectivity index (χ1n) is 11.2. The predicted octanol–water partition coefficient (Wildman–Crippen LogP) is 7.45. The molecule has 31 heavy (non-hydrogen) atoms. The van der Waals surface area contributed by atoms with Gasteiger partial charge in [0.05, 0.1) is 6.10 Å². The van der Waals surface area contributed by atoms with Crippen molar-refractivity contribution >= 4 is 16.6 Å². The van der Waals surface area contributed by atoms with Crippen molar-refractivity contribution in [1.29, 1.82) is 0 Å². The molecule has 0 aliphatic heterocycles. The average Bonchev–Trinajstić information content (AvgIpc) is 2.84. The highest BCUT2D eigenvalue weighted by atomic mass is 16.5. The first kappa shape index (κ1) is 19.6. The van der Waals surface area contributed by atoms with Crippen LogP contribution in [0.1, 0.15) is 48.0 Å². The van der Waals surface area contributed by atoms with Crippen molar-refractivity contribution in [3.05, 3.63) is 102 Å². The zero-order valence-electron chi connectivity index (χ0n) is 17.6. The van der Waals surface area contributed by atoms with E-state index in [-0.39, 0.29) is 5.78 Å². The molecule has 0 N–H and O–H groups in total. The largest absolute Gasteiger partial charge is 0.490 e. The number of ether oxygens (including phenoxy) is 1. The summed E-state index contributed by atoms with van der Waals surface area (Å²) in [5.74, 6) is 0.888. The summed E-state index contributed by atoms with van der Waals surface area (Å²) in [4.78, 5) is 13.5. The number of benzene rings is 4. The zero-order chi connectivity index (χ0) is 21.0. The van der Waals surface area contributed by atoms with Gasteiger partial charge in [0.25, 0.3) is 0 Å². The monoisotopic (exact) mass is 406 g/mol. The fraction of sp³-hybridized carbons (Fsp3) is 0.207. The maximum atomic E-state index is 13.5. The van der Waals surface area contributed by atoms with Crippen LogP contribution in [-0.2, 0) is 0 Å². The summed E-state index contributed by atoms with van der Waals surface area (Å²) >= 11 is 0.